The van der Waals surface area contributed by atoms with Crippen LogP contribution in [0.15, 0.2) is 85.1 Å². The average Bonchev–Trinajstić information content (AvgIpc) is 3.28. The number of rotatable bonds is 46. The van der Waals surface area contributed by atoms with Gasteiger partial charge in [-0.05, 0) is 57.8 Å². The lowest BCUT2D eigenvalue weighted by Crippen LogP contribution is -2.30. The Morgan fingerprint density at radius 2 is 0.635 bits per heavy atom. The summed E-state index contributed by atoms with van der Waals surface area (Å²) in [6, 6.07) is 0. The van der Waals surface area contributed by atoms with Crippen LogP contribution in [0.1, 0.15) is 239 Å². The molecule has 0 aliphatic carbocycles. The highest BCUT2D eigenvalue weighted by atomic mass is 16.6. The fourth-order valence-corrected chi connectivity index (χ4v) is 7.11. The number of hydrogen-bond donors (Lipinski definition) is 0. The number of esters is 3. The molecule has 0 spiro atoms. The maximum atomic E-state index is 12.8. The molecule has 6 nitrogen and oxygen atoms in total. The first-order chi connectivity index (χ1) is 31.0. The summed E-state index contributed by atoms with van der Waals surface area (Å²) >= 11 is 0. The van der Waals surface area contributed by atoms with E-state index >= 15 is 0 Å². The number of unbranched alkanes of at least 4 members (excludes halogenated alkanes) is 26. The third kappa shape index (κ3) is 49.5. The van der Waals surface area contributed by atoms with Crippen molar-refractivity contribution in [1.82, 2.24) is 0 Å². The van der Waals surface area contributed by atoms with E-state index in [4.69, 9.17) is 14.2 Å². The lowest BCUT2D eigenvalue weighted by molar-refractivity contribution is -0.167. The van der Waals surface area contributed by atoms with Gasteiger partial charge in [0.25, 0.3) is 0 Å². The number of carbonyl (C=O) groups is 3. The van der Waals surface area contributed by atoms with Gasteiger partial charge in [-0.3, -0.25) is 14.4 Å². The molecule has 0 bridgehead atoms. The van der Waals surface area contributed by atoms with E-state index in [0.29, 0.717) is 19.3 Å². The fraction of sp³-hybridized carbons (Fsp3) is 0.702. The molecular formula is C57H96O6. The van der Waals surface area contributed by atoms with Crippen LogP contribution in [-0.2, 0) is 28.6 Å². The van der Waals surface area contributed by atoms with E-state index in [-0.39, 0.29) is 37.5 Å². The summed E-state index contributed by atoms with van der Waals surface area (Å²) in [7, 11) is 0. The van der Waals surface area contributed by atoms with Crippen LogP contribution in [0, 0.1) is 0 Å². The molecular weight excluding hydrogens is 781 g/mol. The number of ether oxygens (including phenoxy) is 3. The Bertz CT molecular complexity index is 1240. The summed E-state index contributed by atoms with van der Waals surface area (Å²) in [6.07, 6.45) is 65.8. The van der Waals surface area contributed by atoms with Crippen LogP contribution in [0.25, 0.3) is 0 Å². The van der Waals surface area contributed by atoms with Crippen LogP contribution in [0.2, 0.25) is 0 Å². The maximum Gasteiger partial charge on any atom is 0.306 e. The second-order valence-corrected chi connectivity index (χ2v) is 17.2. The number of carbonyl (C=O) groups excluding carboxylic acids is 3. The molecule has 0 heterocycles. The van der Waals surface area contributed by atoms with Crippen molar-refractivity contribution in [3.05, 3.63) is 85.1 Å². The van der Waals surface area contributed by atoms with Gasteiger partial charge in [0.05, 0.1) is 0 Å². The van der Waals surface area contributed by atoms with E-state index in [1.165, 1.54) is 128 Å². The molecule has 1 atom stereocenters. The Balaban J connectivity index is 4.50. The standard InChI is InChI=1S/C57H96O6/c1-4-7-10-13-16-19-22-25-27-29-32-35-38-41-44-47-50-56(59)62-53-54(52-61-55(58)49-46-43-40-37-34-31-24-21-18-15-12-9-6-3)63-57(60)51-48-45-42-39-36-33-30-28-26-23-20-17-14-11-8-5-2/h9,12,15,18,21,24,27,29,31-32,34-35,37,40,54H,4-8,10-11,13-14,16-17,19-20,22-23,25-26,28,30,33,36,38-39,41-53H2,1-3H3/b12-9+,18-15+,24-21+,29-27+,34-31+,35-32+,40-37+. The Hall–Kier alpha value is -3.41. The molecule has 0 fully saturated rings. The lowest BCUT2D eigenvalue weighted by atomic mass is 10.0. The Labute approximate surface area is 388 Å². The highest BCUT2D eigenvalue weighted by Gasteiger charge is 2.19. The van der Waals surface area contributed by atoms with E-state index in [9.17, 15) is 14.4 Å². The molecule has 0 aliphatic rings. The highest BCUT2D eigenvalue weighted by molar-refractivity contribution is 5.71. The Morgan fingerprint density at radius 1 is 0.333 bits per heavy atom. The third-order valence-corrected chi connectivity index (χ3v) is 11.0. The van der Waals surface area contributed by atoms with Gasteiger partial charge >= 0.3 is 17.9 Å². The molecule has 360 valence electrons. The maximum absolute atomic E-state index is 12.8. The zero-order chi connectivity index (χ0) is 45.8. The monoisotopic (exact) mass is 877 g/mol. The van der Waals surface area contributed by atoms with E-state index in [1.54, 1.807) is 0 Å². The van der Waals surface area contributed by atoms with Crippen LogP contribution in [0.3, 0.4) is 0 Å². The van der Waals surface area contributed by atoms with Crippen molar-refractivity contribution >= 4 is 17.9 Å². The average molecular weight is 877 g/mol. The molecule has 6 heteroatoms. The van der Waals surface area contributed by atoms with Crippen molar-refractivity contribution in [3.63, 3.8) is 0 Å². The van der Waals surface area contributed by atoms with Crippen LogP contribution in [0.4, 0.5) is 0 Å². The summed E-state index contributed by atoms with van der Waals surface area (Å²) in [5.41, 5.74) is 0. The van der Waals surface area contributed by atoms with Crippen molar-refractivity contribution < 1.29 is 28.6 Å². The minimum absolute atomic E-state index is 0.112. The lowest BCUT2D eigenvalue weighted by Gasteiger charge is -2.18. The fourth-order valence-electron chi connectivity index (χ4n) is 7.11. The molecule has 0 saturated carbocycles. The van der Waals surface area contributed by atoms with Gasteiger partial charge in [-0.2, -0.15) is 0 Å². The molecule has 0 N–H and O–H groups in total. The molecule has 0 saturated heterocycles. The minimum atomic E-state index is -0.814. The predicted octanol–water partition coefficient (Wildman–Crippen LogP) is 17.2. The summed E-state index contributed by atoms with van der Waals surface area (Å²) in [5.74, 6) is -1.01. The molecule has 0 rings (SSSR count). The topological polar surface area (TPSA) is 78.9 Å². The molecule has 63 heavy (non-hydrogen) atoms. The van der Waals surface area contributed by atoms with Crippen molar-refractivity contribution in [2.24, 2.45) is 0 Å². The molecule has 0 aliphatic heterocycles. The first-order valence-electron chi connectivity index (χ1n) is 26.2. The summed E-state index contributed by atoms with van der Waals surface area (Å²) in [6.45, 7) is 6.41. The normalized spacial score (nSPS) is 12.7. The quantitative estimate of drug-likeness (QED) is 0.0262. The predicted molar refractivity (Wildman–Crippen MR) is 270 cm³/mol. The Kier molecular flexibility index (Phi) is 48.5. The van der Waals surface area contributed by atoms with E-state index in [1.807, 2.05) is 54.7 Å². The molecule has 0 aromatic rings. The molecule has 0 amide bonds. The van der Waals surface area contributed by atoms with Crippen LogP contribution >= 0.6 is 0 Å². The largest absolute Gasteiger partial charge is 0.462 e. The van der Waals surface area contributed by atoms with Crippen LogP contribution in [-0.4, -0.2) is 37.2 Å². The van der Waals surface area contributed by atoms with Gasteiger partial charge in [0.2, 0.25) is 0 Å². The van der Waals surface area contributed by atoms with Gasteiger partial charge in [0.15, 0.2) is 6.10 Å². The SMILES string of the molecule is CC/C=C/C=C/C=C/C=C/C=C/CCCC(=O)OCC(COC(=O)CCCCC/C=C/C=C/CCCCCCCCC)OC(=O)CCCCCCCCCCCCCCCCCC. The van der Waals surface area contributed by atoms with Gasteiger partial charge in [0.1, 0.15) is 13.2 Å². The van der Waals surface area contributed by atoms with Gasteiger partial charge < -0.3 is 14.2 Å². The first kappa shape index (κ1) is 59.6. The smallest absolute Gasteiger partial charge is 0.306 e. The second-order valence-electron chi connectivity index (χ2n) is 17.2. The van der Waals surface area contributed by atoms with Gasteiger partial charge in [-0.15, -0.1) is 0 Å². The molecule has 0 aromatic heterocycles. The van der Waals surface area contributed by atoms with Crippen LogP contribution < -0.4 is 0 Å². The van der Waals surface area contributed by atoms with E-state index < -0.39 is 6.10 Å². The van der Waals surface area contributed by atoms with Gasteiger partial charge in [0, 0.05) is 19.3 Å². The number of hydrogen-bond acceptors (Lipinski definition) is 6. The molecule has 1 unspecified atom stereocenters. The summed E-state index contributed by atoms with van der Waals surface area (Å²) in [5, 5.41) is 0. The van der Waals surface area contributed by atoms with E-state index in [0.717, 1.165) is 64.2 Å². The van der Waals surface area contributed by atoms with Crippen molar-refractivity contribution in [1.29, 1.82) is 0 Å². The van der Waals surface area contributed by atoms with Gasteiger partial charge in [-0.1, -0.05) is 247 Å². The van der Waals surface area contributed by atoms with Crippen molar-refractivity contribution in [3.8, 4) is 0 Å². The second kappa shape index (κ2) is 51.2. The van der Waals surface area contributed by atoms with Crippen molar-refractivity contribution in [2.45, 2.75) is 245 Å². The zero-order valence-corrected chi connectivity index (χ0v) is 41.1. The van der Waals surface area contributed by atoms with Crippen molar-refractivity contribution in [2.75, 3.05) is 13.2 Å². The first-order valence-corrected chi connectivity index (χ1v) is 26.2. The van der Waals surface area contributed by atoms with Crippen LogP contribution in [0.5, 0.6) is 0 Å². The molecule has 0 aromatic carbocycles. The van der Waals surface area contributed by atoms with Gasteiger partial charge in [-0.25, -0.2) is 0 Å². The Morgan fingerprint density at radius 3 is 1.06 bits per heavy atom. The third-order valence-electron chi connectivity index (χ3n) is 11.0. The van der Waals surface area contributed by atoms with E-state index in [2.05, 4.69) is 51.2 Å². The zero-order valence-electron chi connectivity index (χ0n) is 41.1. The molecule has 0 radical (unpaired) electrons. The summed E-state index contributed by atoms with van der Waals surface area (Å²) < 4.78 is 16.7. The number of allylic oxidation sites excluding steroid dienone is 14. The highest BCUT2D eigenvalue weighted by Crippen LogP contribution is 2.15. The minimum Gasteiger partial charge on any atom is -0.462 e. The summed E-state index contributed by atoms with van der Waals surface area (Å²) in [4.78, 5) is 37.9.